The molecule has 2 aromatic rings. The van der Waals surface area contributed by atoms with Gasteiger partial charge in [-0.25, -0.2) is 0 Å². The van der Waals surface area contributed by atoms with Crippen LogP contribution in [0.4, 0.5) is 0 Å². The predicted molar refractivity (Wildman–Crippen MR) is 89.5 cm³/mol. The minimum Gasteiger partial charge on any atom is -0.351 e. The monoisotopic (exact) mass is 299 g/mol. The minimum absolute atomic E-state index is 0.0714. The molecule has 110 valence electrons. The Kier molecular flexibility index (Phi) is 5.45. The van der Waals surface area contributed by atoms with Gasteiger partial charge in [0.05, 0.1) is 5.25 Å². The van der Waals surface area contributed by atoms with Crippen molar-refractivity contribution in [3.8, 4) is 0 Å². The zero-order chi connectivity index (χ0) is 15.2. The fraction of sp³-hybridized carbons (Fsp3) is 0.278. The van der Waals surface area contributed by atoms with Crippen LogP contribution in [0.5, 0.6) is 0 Å². The van der Waals surface area contributed by atoms with Gasteiger partial charge in [-0.3, -0.25) is 4.79 Å². The van der Waals surface area contributed by atoms with Crippen LogP contribution in [-0.2, 0) is 11.3 Å². The van der Waals surface area contributed by atoms with Gasteiger partial charge in [-0.1, -0.05) is 47.5 Å². The van der Waals surface area contributed by atoms with Crippen LogP contribution in [0.1, 0.15) is 23.6 Å². The van der Waals surface area contributed by atoms with Crippen molar-refractivity contribution in [2.45, 2.75) is 37.5 Å². The Labute approximate surface area is 131 Å². The zero-order valence-electron chi connectivity index (χ0n) is 12.7. The third-order valence-corrected chi connectivity index (χ3v) is 4.36. The lowest BCUT2D eigenvalue weighted by Gasteiger charge is -2.12. The lowest BCUT2D eigenvalue weighted by molar-refractivity contribution is -0.120. The highest BCUT2D eigenvalue weighted by molar-refractivity contribution is 8.00. The van der Waals surface area contributed by atoms with E-state index in [4.69, 9.17) is 0 Å². The maximum Gasteiger partial charge on any atom is 0.233 e. The van der Waals surface area contributed by atoms with E-state index in [1.807, 2.05) is 19.1 Å². The van der Waals surface area contributed by atoms with Gasteiger partial charge in [0.15, 0.2) is 0 Å². The summed E-state index contributed by atoms with van der Waals surface area (Å²) in [4.78, 5) is 13.3. The van der Waals surface area contributed by atoms with Crippen molar-refractivity contribution in [3.05, 3.63) is 65.2 Å². The molecule has 0 unspecified atom stereocenters. The normalized spacial score (nSPS) is 12.0. The van der Waals surface area contributed by atoms with Crippen LogP contribution in [-0.4, -0.2) is 11.2 Å². The fourth-order valence-electron chi connectivity index (χ4n) is 2.03. The van der Waals surface area contributed by atoms with Gasteiger partial charge in [0, 0.05) is 11.4 Å². The zero-order valence-corrected chi connectivity index (χ0v) is 13.5. The largest absolute Gasteiger partial charge is 0.351 e. The number of hydrogen-bond acceptors (Lipinski definition) is 2. The van der Waals surface area contributed by atoms with Crippen molar-refractivity contribution < 1.29 is 4.79 Å². The number of hydrogen-bond donors (Lipinski definition) is 1. The Morgan fingerprint density at radius 1 is 1.10 bits per heavy atom. The summed E-state index contributed by atoms with van der Waals surface area (Å²) in [6, 6.07) is 16.5. The Morgan fingerprint density at radius 2 is 1.81 bits per heavy atom. The van der Waals surface area contributed by atoms with Crippen LogP contribution in [0.15, 0.2) is 53.4 Å². The highest BCUT2D eigenvalue weighted by Gasteiger charge is 2.13. The first-order valence-corrected chi connectivity index (χ1v) is 7.99. The molecule has 0 fully saturated rings. The van der Waals surface area contributed by atoms with Gasteiger partial charge in [0.2, 0.25) is 5.91 Å². The maximum absolute atomic E-state index is 12.1. The fourth-order valence-corrected chi connectivity index (χ4v) is 2.92. The summed E-state index contributed by atoms with van der Waals surface area (Å²) in [5.74, 6) is 0.0714. The second-order valence-electron chi connectivity index (χ2n) is 5.28. The lowest BCUT2D eigenvalue weighted by atomic mass is 10.1. The molecule has 0 aromatic heterocycles. The second-order valence-corrected chi connectivity index (χ2v) is 6.69. The van der Waals surface area contributed by atoms with E-state index in [-0.39, 0.29) is 11.2 Å². The molecule has 0 radical (unpaired) electrons. The smallest absolute Gasteiger partial charge is 0.233 e. The van der Waals surface area contributed by atoms with Crippen molar-refractivity contribution in [2.24, 2.45) is 0 Å². The van der Waals surface area contributed by atoms with Gasteiger partial charge in [0.1, 0.15) is 0 Å². The third-order valence-electron chi connectivity index (χ3n) is 3.25. The van der Waals surface area contributed by atoms with E-state index in [1.165, 1.54) is 11.1 Å². The Morgan fingerprint density at radius 3 is 2.48 bits per heavy atom. The number of benzene rings is 2. The molecule has 2 aromatic carbocycles. The lowest BCUT2D eigenvalue weighted by Crippen LogP contribution is -2.30. The predicted octanol–water partition coefficient (Wildman–Crippen LogP) is 4.10. The first-order chi connectivity index (χ1) is 10.0. The molecule has 0 saturated heterocycles. The van der Waals surface area contributed by atoms with E-state index >= 15 is 0 Å². The highest BCUT2D eigenvalue weighted by Crippen LogP contribution is 2.23. The van der Waals surface area contributed by atoms with E-state index in [9.17, 15) is 4.79 Å². The molecule has 0 aliphatic rings. The molecule has 0 aliphatic heterocycles. The average molecular weight is 299 g/mol. The molecule has 1 N–H and O–H groups in total. The van der Waals surface area contributed by atoms with E-state index in [0.29, 0.717) is 6.54 Å². The van der Waals surface area contributed by atoms with Crippen LogP contribution in [0.3, 0.4) is 0 Å². The summed E-state index contributed by atoms with van der Waals surface area (Å²) < 4.78 is 0. The van der Waals surface area contributed by atoms with Gasteiger partial charge < -0.3 is 5.32 Å². The molecule has 0 bridgehead atoms. The molecule has 0 aliphatic carbocycles. The van der Waals surface area contributed by atoms with Gasteiger partial charge >= 0.3 is 0 Å². The second kappa shape index (κ2) is 7.32. The quantitative estimate of drug-likeness (QED) is 0.842. The molecule has 2 rings (SSSR count). The molecular formula is C18H21NOS. The minimum atomic E-state index is -0.0995. The van der Waals surface area contributed by atoms with Crippen LogP contribution < -0.4 is 5.32 Å². The topological polar surface area (TPSA) is 29.1 Å². The summed E-state index contributed by atoms with van der Waals surface area (Å²) in [6.07, 6.45) is 0. The van der Waals surface area contributed by atoms with E-state index in [1.54, 1.807) is 11.8 Å². The summed E-state index contributed by atoms with van der Waals surface area (Å²) in [5.41, 5.74) is 3.58. The van der Waals surface area contributed by atoms with Gasteiger partial charge in [-0.15, -0.1) is 11.8 Å². The SMILES string of the molecule is Cc1ccc(S[C@H](C)C(=O)NCc2cccc(C)c2)cc1. The van der Waals surface area contributed by atoms with E-state index in [0.717, 1.165) is 10.5 Å². The average Bonchev–Trinajstić information content (AvgIpc) is 2.47. The molecular weight excluding hydrogens is 278 g/mol. The number of carbonyl (C=O) groups is 1. The summed E-state index contributed by atoms with van der Waals surface area (Å²) in [7, 11) is 0. The number of rotatable bonds is 5. The molecule has 1 atom stereocenters. The molecule has 2 nitrogen and oxygen atoms in total. The van der Waals surface area contributed by atoms with Gasteiger partial charge in [-0.2, -0.15) is 0 Å². The van der Waals surface area contributed by atoms with Crippen LogP contribution in [0.25, 0.3) is 0 Å². The Bertz CT molecular complexity index is 607. The van der Waals surface area contributed by atoms with Gasteiger partial charge in [0.25, 0.3) is 0 Å². The van der Waals surface area contributed by atoms with Crippen molar-refractivity contribution in [2.75, 3.05) is 0 Å². The van der Waals surface area contributed by atoms with Crippen molar-refractivity contribution in [1.29, 1.82) is 0 Å². The van der Waals surface area contributed by atoms with Crippen LogP contribution in [0, 0.1) is 13.8 Å². The standard InChI is InChI=1S/C18H21NOS/c1-13-7-9-17(10-8-13)21-15(3)18(20)19-12-16-6-4-5-14(2)11-16/h4-11,15H,12H2,1-3H3,(H,19,20)/t15-/m1/s1. The van der Waals surface area contributed by atoms with E-state index < -0.39 is 0 Å². The molecule has 0 heterocycles. The number of amides is 1. The number of nitrogens with one attached hydrogen (secondary N) is 1. The Hall–Kier alpha value is -1.74. The van der Waals surface area contributed by atoms with Gasteiger partial charge in [-0.05, 0) is 38.5 Å². The van der Waals surface area contributed by atoms with Crippen molar-refractivity contribution >= 4 is 17.7 Å². The number of aryl methyl sites for hydroxylation is 2. The summed E-state index contributed by atoms with van der Waals surface area (Å²) >= 11 is 1.59. The summed E-state index contributed by atoms with van der Waals surface area (Å²) in [6.45, 7) is 6.64. The van der Waals surface area contributed by atoms with Crippen LogP contribution in [0.2, 0.25) is 0 Å². The highest BCUT2D eigenvalue weighted by atomic mass is 32.2. The van der Waals surface area contributed by atoms with Crippen LogP contribution >= 0.6 is 11.8 Å². The number of thioether (sulfide) groups is 1. The van der Waals surface area contributed by atoms with Crippen molar-refractivity contribution in [1.82, 2.24) is 5.32 Å². The summed E-state index contributed by atoms with van der Waals surface area (Å²) in [5, 5.41) is 2.90. The first-order valence-electron chi connectivity index (χ1n) is 7.11. The molecule has 21 heavy (non-hydrogen) atoms. The Balaban J connectivity index is 1.86. The molecule has 0 spiro atoms. The molecule has 3 heteroatoms. The first kappa shape index (κ1) is 15.6. The maximum atomic E-state index is 12.1. The number of carbonyl (C=O) groups excluding carboxylic acids is 1. The molecule has 1 amide bonds. The third kappa shape index (κ3) is 4.94. The van der Waals surface area contributed by atoms with Crippen molar-refractivity contribution in [3.63, 3.8) is 0 Å². The molecule has 0 saturated carbocycles. The van der Waals surface area contributed by atoms with E-state index in [2.05, 4.69) is 55.6 Å².